The van der Waals surface area contributed by atoms with Crippen molar-refractivity contribution in [3.8, 4) is 0 Å². The molecule has 1 saturated carbocycles. The first kappa shape index (κ1) is 14.5. The molecule has 0 heterocycles. The molecule has 0 amide bonds. The van der Waals surface area contributed by atoms with Crippen LogP contribution in [0.4, 0.5) is 0 Å². The largest absolute Gasteiger partial charge is 0.469 e. The fraction of sp³-hybridized carbons (Fsp3) is 0.929. The van der Waals surface area contributed by atoms with Crippen molar-refractivity contribution >= 4 is 5.97 Å². The van der Waals surface area contributed by atoms with Crippen LogP contribution >= 0.6 is 0 Å². The molecule has 17 heavy (non-hydrogen) atoms. The predicted molar refractivity (Wildman–Crippen MR) is 69.8 cm³/mol. The Kier molecular flexibility index (Phi) is 4.99. The quantitative estimate of drug-likeness (QED) is 0.709. The predicted octanol–water partition coefficient (Wildman–Crippen LogP) is 2.70. The van der Waals surface area contributed by atoms with Gasteiger partial charge in [-0.15, -0.1) is 0 Å². The van der Waals surface area contributed by atoms with E-state index in [1.165, 1.54) is 32.8 Å². The molecular formula is C14H27NO2. The van der Waals surface area contributed by atoms with Crippen LogP contribution in [0, 0.1) is 11.3 Å². The van der Waals surface area contributed by atoms with Crippen LogP contribution in [0.5, 0.6) is 0 Å². The molecule has 1 rings (SSSR count). The Morgan fingerprint density at radius 3 is 2.59 bits per heavy atom. The summed E-state index contributed by atoms with van der Waals surface area (Å²) < 4.78 is 4.86. The van der Waals surface area contributed by atoms with Gasteiger partial charge in [0.1, 0.15) is 0 Å². The maximum absolute atomic E-state index is 11.7. The molecule has 0 radical (unpaired) electrons. The lowest BCUT2D eigenvalue weighted by molar-refractivity contribution is -0.152. The van der Waals surface area contributed by atoms with Gasteiger partial charge in [-0.2, -0.15) is 0 Å². The van der Waals surface area contributed by atoms with Crippen molar-refractivity contribution in [3.63, 3.8) is 0 Å². The van der Waals surface area contributed by atoms with Crippen LogP contribution in [0.1, 0.15) is 46.5 Å². The highest BCUT2D eigenvalue weighted by atomic mass is 16.5. The fourth-order valence-electron chi connectivity index (χ4n) is 2.90. The number of rotatable bonds is 4. The number of nitrogens with zero attached hydrogens (tertiary/aromatic N) is 1. The van der Waals surface area contributed by atoms with Crippen molar-refractivity contribution in [2.75, 3.05) is 20.7 Å². The maximum Gasteiger partial charge on any atom is 0.312 e. The first-order valence-electron chi connectivity index (χ1n) is 6.65. The van der Waals surface area contributed by atoms with E-state index in [1.807, 2.05) is 13.8 Å². The SMILES string of the molecule is COC(=O)C(C)(C)CN(C)C1CCCC(C)C1. The number of ether oxygens (including phenoxy) is 1. The first-order chi connectivity index (χ1) is 7.86. The normalized spacial score (nSPS) is 26.0. The third-order valence-corrected chi connectivity index (χ3v) is 3.91. The van der Waals surface area contributed by atoms with Gasteiger partial charge in [0.15, 0.2) is 0 Å². The molecule has 1 aliphatic carbocycles. The van der Waals surface area contributed by atoms with E-state index in [4.69, 9.17) is 4.74 Å². The topological polar surface area (TPSA) is 29.5 Å². The Labute approximate surface area is 106 Å². The van der Waals surface area contributed by atoms with Gasteiger partial charge in [-0.1, -0.05) is 19.8 Å². The maximum atomic E-state index is 11.7. The molecule has 1 fully saturated rings. The van der Waals surface area contributed by atoms with Crippen LogP contribution in [-0.2, 0) is 9.53 Å². The van der Waals surface area contributed by atoms with Crippen molar-refractivity contribution in [2.45, 2.75) is 52.5 Å². The summed E-state index contributed by atoms with van der Waals surface area (Å²) >= 11 is 0. The zero-order chi connectivity index (χ0) is 13.1. The van der Waals surface area contributed by atoms with Crippen LogP contribution < -0.4 is 0 Å². The summed E-state index contributed by atoms with van der Waals surface area (Å²) in [6.07, 6.45) is 5.19. The summed E-state index contributed by atoms with van der Waals surface area (Å²) in [5.41, 5.74) is -0.413. The van der Waals surface area contributed by atoms with Crippen molar-refractivity contribution in [2.24, 2.45) is 11.3 Å². The number of carbonyl (C=O) groups is 1. The fourth-order valence-corrected chi connectivity index (χ4v) is 2.90. The van der Waals surface area contributed by atoms with Crippen LogP contribution in [0.15, 0.2) is 0 Å². The second-order valence-corrected chi connectivity index (χ2v) is 6.22. The van der Waals surface area contributed by atoms with E-state index >= 15 is 0 Å². The summed E-state index contributed by atoms with van der Waals surface area (Å²) in [6, 6.07) is 0.627. The smallest absolute Gasteiger partial charge is 0.312 e. The number of methoxy groups -OCH3 is 1. The second kappa shape index (κ2) is 5.85. The van der Waals surface area contributed by atoms with Crippen molar-refractivity contribution in [3.05, 3.63) is 0 Å². The minimum absolute atomic E-state index is 0.117. The molecular weight excluding hydrogens is 214 g/mol. The molecule has 0 aromatic carbocycles. The molecule has 2 unspecified atom stereocenters. The van der Waals surface area contributed by atoms with Crippen LogP contribution in [0.3, 0.4) is 0 Å². The van der Waals surface area contributed by atoms with Gasteiger partial charge in [-0.25, -0.2) is 0 Å². The van der Waals surface area contributed by atoms with Gasteiger partial charge in [-0.3, -0.25) is 4.79 Å². The van der Waals surface area contributed by atoms with Crippen LogP contribution in [0.25, 0.3) is 0 Å². The first-order valence-corrected chi connectivity index (χ1v) is 6.65. The zero-order valence-corrected chi connectivity index (χ0v) is 12.0. The van der Waals surface area contributed by atoms with Gasteiger partial charge < -0.3 is 9.64 Å². The summed E-state index contributed by atoms with van der Waals surface area (Å²) in [6.45, 7) is 7.02. The molecule has 0 aromatic heterocycles. The lowest BCUT2D eigenvalue weighted by Gasteiger charge is -2.37. The van der Waals surface area contributed by atoms with E-state index < -0.39 is 5.41 Å². The van der Waals surface area contributed by atoms with Crippen molar-refractivity contribution in [1.82, 2.24) is 4.90 Å². The summed E-state index contributed by atoms with van der Waals surface area (Å²) in [5, 5.41) is 0. The number of esters is 1. The van der Waals surface area contributed by atoms with Gasteiger partial charge in [-0.05, 0) is 39.7 Å². The van der Waals surface area contributed by atoms with Gasteiger partial charge in [0.05, 0.1) is 12.5 Å². The van der Waals surface area contributed by atoms with E-state index in [1.54, 1.807) is 0 Å². The number of hydrogen-bond acceptors (Lipinski definition) is 3. The van der Waals surface area contributed by atoms with Gasteiger partial charge in [0.2, 0.25) is 0 Å². The Balaban J connectivity index is 2.52. The Morgan fingerprint density at radius 1 is 1.41 bits per heavy atom. The Morgan fingerprint density at radius 2 is 2.06 bits per heavy atom. The van der Waals surface area contributed by atoms with E-state index in [9.17, 15) is 4.79 Å². The zero-order valence-electron chi connectivity index (χ0n) is 12.0. The third kappa shape index (κ3) is 3.98. The molecule has 3 heteroatoms. The van der Waals surface area contributed by atoms with E-state index in [-0.39, 0.29) is 5.97 Å². The molecule has 0 spiro atoms. The van der Waals surface area contributed by atoms with Gasteiger partial charge in [0.25, 0.3) is 0 Å². The second-order valence-electron chi connectivity index (χ2n) is 6.22. The molecule has 100 valence electrons. The average molecular weight is 241 g/mol. The lowest BCUT2D eigenvalue weighted by Crippen LogP contribution is -2.44. The third-order valence-electron chi connectivity index (χ3n) is 3.91. The van der Waals surface area contributed by atoms with Crippen LogP contribution in [-0.4, -0.2) is 37.6 Å². The lowest BCUT2D eigenvalue weighted by atomic mass is 9.85. The minimum Gasteiger partial charge on any atom is -0.469 e. The van der Waals surface area contributed by atoms with Crippen molar-refractivity contribution < 1.29 is 9.53 Å². The van der Waals surface area contributed by atoms with E-state index in [0.29, 0.717) is 6.04 Å². The molecule has 3 nitrogen and oxygen atoms in total. The number of hydrogen-bond donors (Lipinski definition) is 0. The Hall–Kier alpha value is -0.570. The monoisotopic (exact) mass is 241 g/mol. The molecule has 1 aliphatic rings. The molecule has 0 bridgehead atoms. The summed E-state index contributed by atoms with van der Waals surface area (Å²) in [4.78, 5) is 14.0. The summed E-state index contributed by atoms with van der Waals surface area (Å²) in [7, 11) is 3.60. The number of carbonyl (C=O) groups excluding carboxylic acids is 1. The highest BCUT2D eigenvalue weighted by Gasteiger charge is 2.33. The standard InChI is InChI=1S/C14H27NO2/c1-11-7-6-8-12(9-11)15(4)10-14(2,3)13(16)17-5/h11-12H,6-10H2,1-5H3. The average Bonchev–Trinajstić information content (AvgIpc) is 2.27. The minimum atomic E-state index is -0.413. The van der Waals surface area contributed by atoms with Crippen LogP contribution in [0.2, 0.25) is 0 Å². The molecule has 0 aromatic rings. The highest BCUT2D eigenvalue weighted by molar-refractivity contribution is 5.76. The van der Waals surface area contributed by atoms with Gasteiger partial charge in [0, 0.05) is 12.6 Å². The van der Waals surface area contributed by atoms with Crippen molar-refractivity contribution in [1.29, 1.82) is 0 Å². The molecule has 0 saturated heterocycles. The van der Waals surface area contributed by atoms with Gasteiger partial charge >= 0.3 is 5.97 Å². The highest BCUT2D eigenvalue weighted by Crippen LogP contribution is 2.29. The summed E-state index contributed by atoms with van der Waals surface area (Å²) in [5.74, 6) is 0.700. The molecule has 2 atom stereocenters. The molecule has 0 N–H and O–H groups in total. The van der Waals surface area contributed by atoms with E-state index in [0.717, 1.165) is 12.5 Å². The van der Waals surface area contributed by atoms with E-state index in [2.05, 4.69) is 18.9 Å². The Bertz CT molecular complexity index is 263. The molecule has 0 aliphatic heterocycles.